The molecule has 15 heavy (non-hydrogen) atoms. The van der Waals surface area contributed by atoms with Crippen LogP contribution in [0.3, 0.4) is 0 Å². The van der Waals surface area contributed by atoms with Gasteiger partial charge in [-0.1, -0.05) is 6.42 Å². The second-order valence-corrected chi connectivity index (χ2v) is 4.28. The Balaban J connectivity index is 2.02. The second kappa shape index (κ2) is 4.67. The lowest BCUT2D eigenvalue weighted by Crippen LogP contribution is -2.44. The standard InChI is InChI=1S/C9H13N3O2S/c13-9(14)8-3-1-2-4-12(8)6-7-5-10-15-11-7/h5,8H,1-4,6H2,(H,13,14)/t8-/m1/s1. The SMILES string of the molecule is O=C(O)[C@H]1CCCCN1Cc1cnsn1. The molecule has 2 rings (SSSR count). The van der Waals surface area contributed by atoms with Crippen molar-refractivity contribution >= 4 is 17.7 Å². The molecule has 1 aromatic heterocycles. The molecule has 0 spiro atoms. The van der Waals surface area contributed by atoms with Crippen molar-refractivity contribution in [1.82, 2.24) is 13.6 Å². The highest BCUT2D eigenvalue weighted by molar-refractivity contribution is 6.99. The molecule has 0 bridgehead atoms. The van der Waals surface area contributed by atoms with Gasteiger partial charge in [0.05, 0.1) is 23.6 Å². The van der Waals surface area contributed by atoms with Crippen LogP contribution in [0.4, 0.5) is 0 Å². The molecule has 5 nitrogen and oxygen atoms in total. The third-order valence-corrected chi connectivity index (χ3v) is 3.19. The summed E-state index contributed by atoms with van der Waals surface area (Å²) in [5, 5.41) is 9.06. The van der Waals surface area contributed by atoms with Crippen molar-refractivity contribution in [1.29, 1.82) is 0 Å². The first-order chi connectivity index (χ1) is 7.27. The molecule has 0 unspecified atom stereocenters. The van der Waals surface area contributed by atoms with Crippen LogP contribution in [0.5, 0.6) is 0 Å². The molecule has 1 aliphatic heterocycles. The van der Waals surface area contributed by atoms with Crippen LogP contribution in [0.15, 0.2) is 6.20 Å². The van der Waals surface area contributed by atoms with Gasteiger partial charge in [-0.2, -0.15) is 8.75 Å². The molecule has 1 N–H and O–H groups in total. The van der Waals surface area contributed by atoms with Crippen molar-refractivity contribution in [3.05, 3.63) is 11.9 Å². The Hall–Kier alpha value is -1.01. The van der Waals surface area contributed by atoms with E-state index in [1.165, 1.54) is 0 Å². The van der Waals surface area contributed by atoms with Gasteiger partial charge in [0, 0.05) is 6.54 Å². The van der Waals surface area contributed by atoms with Gasteiger partial charge in [0.1, 0.15) is 6.04 Å². The summed E-state index contributed by atoms with van der Waals surface area (Å²) in [7, 11) is 0. The highest BCUT2D eigenvalue weighted by Gasteiger charge is 2.28. The largest absolute Gasteiger partial charge is 0.480 e. The van der Waals surface area contributed by atoms with Gasteiger partial charge in [-0.15, -0.1) is 0 Å². The van der Waals surface area contributed by atoms with Crippen molar-refractivity contribution in [3.63, 3.8) is 0 Å². The van der Waals surface area contributed by atoms with E-state index in [0.29, 0.717) is 6.54 Å². The summed E-state index contributed by atoms with van der Waals surface area (Å²) in [6.45, 7) is 1.45. The van der Waals surface area contributed by atoms with Crippen LogP contribution in [0.25, 0.3) is 0 Å². The van der Waals surface area contributed by atoms with E-state index in [0.717, 1.165) is 43.2 Å². The first kappa shape index (κ1) is 10.5. The third-order valence-electron chi connectivity index (χ3n) is 2.67. The van der Waals surface area contributed by atoms with Gasteiger partial charge in [0.2, 0.25) is 0 Å². The minimum atomic E-state index is -0.724. The van der Waals surface area contributed by atoms with Crippen LogP contribution >= 0.6 is 11.7 Å². The average molecular weight is 227 g/mol. The number of likely N-dealkylation sites (tertiary alicyclic amines) is 1. The lowest BCUT2D eigenvalue weighted by atomic mass is 10.0. The maximum Gasteiger partial charge on any atom is 0.320 e. The molecule has 1 atom stereocenters. The Bertz CT molecular complexity index is 328. The first-order valence-electron chi connectivity index (χ1n) is 5.00. The zero-order valence-corrected chi connectivity index (χ0v) is 9.11. The maximum atomic E-state index is 11.0. The van der Waals surface area contributed by atoms with Gasteiger partial charge in [0.25, 0.3) is 0 Å². The fraction of sp³-hybridized carbons (Fsp3) is 0.667. The number of piperidine rings is 1. The monoisotopic (exact) mass is 227 g/mol. The number of nitrogens with zero attached hydrogens (tertiary/aromatic N) is 3. The molecule has 0 aromatic carbocycles. The number of aromatic nitrogens is 2. The quantitative estimate of drug-likeness (QED) is 0.833. The molecule has 0 radical (unpaired) electrons. The Labute approximate surface area is 92.1 Å². The Morgan fingerprint density at radius 2 is 2.53 bits per heavy atom. The van der Waals surface area contributed by atoms with E-state index in [9.17, 15) is 4.79 Å². The highest BCUT2D eigenvalue weighted by Crippen LogP contribution is 2.19. The number of hydrogen-bond acceptors (Lipinski definition) is 5. The summed E-state index contributed by atoms with van der Waals surface area (Å²) < 4.78 is 8.01. The summed E-state index contributed by atoms with van der Waals surface area (Å²) in [5.41, 5.74) is 0.869. The molecule has 1 saturated heterocycles. The van der Waals surface area contributed by atoms with E-state index in [4.69, 9.17) is 5.11 Å². The molecule has 1 aliphatic rings. The zero-order valence-electron chi connectivity index (χ0n) is 8.30. The topological polar surface area (TPSA) is 66.3 Å². The van der Waals surface area contributed by atoms with Crippen LogP contribution in [-0.2, 0) is 11.3 Å². The minimum absolute atomic E-state index is 0.347. The molecule has 1 aromatic rings. The van der Waals surface area contributed by atoms with Crippen molar-refractivity contribution in [2.24, 2.45) is 0 Å². The molecule has 1 fully saturated rings. The van der Waals surface area contributed by atoms with Crippen molar-refractivity contribution < 1.29 is 9.90 Å². The Morgan fingerprint density at radius 3 is 3.20 bits per heavy atom. The number of rotatable bonds is 3. The molecule has 2 heterocycles. The Morgan fingerprint density at radius 1 is 1.67 bits per heavy atom. The van der Waals surface area contributed by atoms with Gasteiger partial charge in [-0.3, -0.25) is 9.69 Å². The summed E-state index contributed by atoms with van der Waals surface area (Å²) >= 11 is 1.16. The van der Waals surface area contributed by atoms with Gasteiger partial charge >= 0.3 is 5.97 Å². The first-order valence-corrected chi connectivity index (χ1v) is 5.73. The van der Waals surface area contributed by atoms with Crippen molar-refractivity contribution in [2.45, 2.75) is 31.8 Å². The number of hydrogen-bond donors (Lipinski definition) is 1. The van der Waals surface area contributed by atoms with E-state index in [1.807, 2.05) is 4.90 Å². The summed E-state index contributed by atoms with van der Waals surface area (Å²) in [6, 6.07) is -0.347. The van der Waals surface area contributed by atoms with E-state index in [1.54, 1.807) is 6.20 Å². The van der Waals surface area contributed by atoms with E-state index >= 15 is 0 Å². The summed E-state index contributed by atoms with van der Waals surface area (Å²) in [5.74, 6) is -0.724. The van der Waals surface area contributed by atoms with Crippen LogP contribution in [0.1, 0.15) is 25.0 Å². The minimum Gasteiger partial charge on any atom is -0.480 e. The number of carboxylic acids is 1. The molecular formula is C9H13N3O2S. The molecule has 0 aliphatic carbocycles. The predicted molar refractivity (Wildman–Crippen MR) is 55.6 cm³/mol. The lowest BCUT2D eigenvalue weighted by Gasteiger charge is -2.31. The fourth-order valence-electron chi connectivity index (χ4n) is 1.92. The number of aliphatic carboxylic acids is 1. The average Bonchev–Trinajstić information content (AvgIpc) is 2.71. The van der Waals surface area contributed by atoms with E-state index < -0.39 is 5.97 Å². The van der Waals surface area contributed by atoms with Crippen LogP contribution in [0, 0.1) is 0 Å². The van der Waals surface area contributed by atoms with Gasteiger partial charge < -0.3 is 5.11 Å². The molecule has 0 amide bonds. The lowest BCUT2D eigenvalue weighted by molar-refractivity contribution is -0.144. The second-order valence-electron chi connectivity index (χ2n) is 3.72. The van der Waals surface area contributed by atoms with Crippen LogP contribution in [-0.4, -0.2) is 37.3 Å². The van der Waals surface area contributed by atoms with Crippen molar-refractivity contribution in [2.75, 3.05) is 6.54 Å². The smallest absolute Gasteiger partial charge is 0.320 e. The predicted octanol–water partition coefficient (Wildman–Crippen LogP) is 0.977. The zero-order chi connectivity index (χ0) is 10.7. The molecule has 6 heteroatoms. The van der Waals surface area contributed by atoms with Crippen LogP contribution < -0.4 is 0 Å². The normalized spacial score (nSPS) is 22.8. The summed E-state index contributed by atoms with van der Waals surface area (Å²) in [6.07, 6.45) is 4.52. The fourth-order valence-corrected chi connectivity index (χ4v) is 2.35. The van der Waals surface area contributed by atoms with Crippen molar-refractivity contribution in [3.8, 4) is 0 Å². The van der Waals surface area contributed by atoms with Gasteiger partial charge in [-0.25, -0.2) is 0 Å². The maximum absolute atomic E-state index is 11.0. The van der Waals surface area contributed by atoms with E-state index in [2.05, 4.69) is 8.75 Å². The third kappa shape index (κ3) is 2.51. The number of carbonyl (C=O) groups is 1. The highest BCUT2D eigenvalue weighted by atomic mass is 32.1. The van der Waals surface area contributed by atoms with Gasteiger partial charge in [0.15, 0.2) is 0 Å². The van der Waals surface area contributed by atoms with E-state index in [-0.39, 0.29) is 6.04 Å². The Kier molecular flexibility index (Phi) is 3.27. The number of carboxylic acid groups (broad SMARTS) is 1. The molecule has 82 valence electrons. The summed E-state index contributed by atoms with van der Waals surface area (Å²) in [4.78, 5) is 13.0. The van der Waals surface area contributed by atoms with Crippen LogP contribution in [0.2, 0.25) is 0 Å². The van der Waals surface area contributed by atoms with Gasteiger partial charge in [-0.05, 0) is 19.4 Å². The molecule has 0 saturated carbocycles. The molecular weight excluding hydrogens is 214 g/mol.